The molecule has 2 aromatic rings. The SMILES string of the molecule is Cc1nc(C2CCNC2)sc1Oc1ccccc1. The largest absolute Gasteiger partial charge is 0.445 e. The van der Waals surface area contributed by atoms with Crippen molar-refractivity contribution in [3.63, 3.8) is 0 Å². The average Bonchev–Trinajstić information content (AvgIpc) is 3.01. The van der Waals surface area contributed by atoms with Crippen LogP contribution in [0.5, 0.6) is 10.8 Å². The number of thiazole rings is 1. The normalized spacial score (nSPS) is 19.1. The van der Waals surface area contributed by atoms with Crippen LogP contribution in [0, 0.1) is 6.92 Å². The van der Waals surface area contributed by atoms with E-state index in [0.29, 0.717) is 5.92 Å². The van der Waals surface area contributed by atoms with Gasteiger partial charge in [-0.25, -0.2) is 4.98 Å². The summed E-state index contributed by atoms with van der Waals surface area (Å²) in [5.41, 5.74) is 0.991. The lowest BCUT2D eigenvalue weighted by atomic mass is 10.1. The predicted octanol–water partition coefficient (Wildman–Crippen LogP) is 3.32. The Morgan fingerprint density at radius 2 is 2.17 bits per heavy atom. The van der Waals surface area contributed by atoms with E-state index in [4.69, 9.17) is 4.74 Å². The number of hydrogen-bond acceptors (Lipinski definition) is 4. The molecule has 1 aromatic carbocycles. The second-order valence-corrected chi connectivity index (χ2v) is 5.52. The van der Waals surface area contributed by atoms with E-state index < -0.39 is 0 Å². The molecule has 1 aliphatic rings. The third-order valence-electron chi connectivity index (χ3n) is 3.13. The van der Waals surface area contributed by atoms with Crippen molar-refractivity contribution in [1.82, 2.24) is 10.3 Å². The van der Waals surface area contributed by atoms with E-state index in [0.717, 1.165) is 29.6 Å². The molecule has 3 rings (SSSR count). The maximum atomic E-state index is 5.88. The Bertz CT molecular complexity index is 518. The Balaban J connectivity index is 1.80. The van der Waals surface area contributed by atoms with Gasteiger partial charge >= 0.3 is 0 Å². The molecule has 4 heteroatoms. The van der Waals surface area contributed by atoms with Gasteiger partial charge in [-0.2, -0.15) is 0 Å². The van der Waals surface area contributed by atoms with E-state index in [1.807, 2.05) is 37.3 Å². The van der Waals surface area contributed by atoms with E-state index in [9.17, 15) is 0 Å². The minimum atomic E-state index is 0.557. The number of aromatic nitrogens is 1. The third-order valence-corrected chi connectivity index (χ3v) is 4.33. The smallest absolute Gasteiger partial charge is 0.203 e. The van der Waals surface area contributed by atoms with Crippen LogP contribution >= 0.6 is 11.3 Å². The van der Waals surface area contributed by atoms with Gasteiger partial charge < -0.3 is 10.1 Å². The van der Waals surface area contributed by atoms with Gasteiger partial charge in [-0.3, -0.25) is 0 Å². The molecule has 0 saturated carbocycles. The molecule has 1 atom stereocenters. The molecular formula is C14H16N2OS. The van der Waals surface area contributed by atoms with E-state index >= 15 is 0 Å². The number of nitrogens with zero attached hydrogens (tertiary/aromatic N) is 1. The molecule has 94 valence electrons. The molecule has 0 radical (unpaired) electrons. The number of hydrogen-bond donors (Lipinski definition) is 1. The molecule has 0 aliphatic carbocycles. The van der Waals surface area contributed by atoms with Crippen molar-refractivity contribution < 1.29 is 4.74 Å². The number of aryl methyl sites for hydroxylation is 1. The van der Waals surface area contributed by atoms with Crippen LogP contribution in [-0.4, -0.2) is 18.1 Å². The van der Waals surface area contributed by atoms with Crippen LogP contribution in [0.15, 0.2) is 30.3 Å². The van der Waals surface area contributed by atoms with Gasteiger partial charge in [0.25, 0.3) is 0 Å². The summed E-state index contributed by atoms with van der Waals surface area (Å²) in [6.45, 7) is 4.15. The summed E-state index contributed by atoms with van der Waals surface area (Å²) < 4.78 is 5.88. The Labute approximate surface area is 111 Å². The molecule has 0 bridgehead atoms. The molecule has 1 aromatic heterocycles. The maximum absolute atomic E-state index is 5.88. The quantitative estimate of drug-likeness (QED) is 0.919. The molecule has 18 heavy (non-hydrogen) atoms. The van der Waals surface area contributed by atoms with Crippen molar-refractivity contribution in [2.75, 3.05) is 13.1 Å². The predicted molar refractivity (Wildman–Crippen MR) is 73.6 cm³/mol. The summed E-state index contributed by atoms with van der Waals surface area (Å²) in [7, 11) is 0. The monoisotopic (exact) mass is 260 g/mol. The zero-order valence-electron chi connectivity index (χ0n) is 10.3. The number of benzene rings is 1. The Morgan fingerprint density at radius 3 is 2.89 bits per heavy atom. The molecule has 1 unspecified atom stereocenters. The van der Waals surface area contributed by atoms with Crippen molar-refractivity contribution in [2.45, 2.75) is 19.3 Å². The molecule has 0 spiro atoms. The van der Waals surface area contributed by atoms with Gasteiger partial charge in [0.15, 0.2) is 0 Å². The van der Waals surface area contributed by atoms with E-state index in [2.05, 4.69) is 10.3 Å². The van der Waals surface area contributed by atoms with Crippen LogP contribution in [0.1, 0.15) is 23.0 Å². The maximum Gasteiger partial charge on any atom is 0.203 e. The van der Waals surface area contributed by atoms with Crippen LogP contribution in [0.2, 0.25) is 0 Å². The number of para-hydroxylation sites is 1. The van der Waals surface area contributed by atoms with E-state index in [1.54, 1.807) is 11.3 Å². The first-order valence-corrected chi connectivity index (χ1v) is 7.05. The second kappa shape index (κ2) is 5.08. The van der Waals surface area contributed by atoms with Crippen LogP contribution in [0.4, 0.5) is 0 Å². The van der Waals surface area contributed by atoms with Crippen molar-refractivity contribution in [3.05, 3.63) is 41.0 Å². The molecule has 0 amide bonds. The highest BCUT2D eigenvalue weighted by Gasteiger charge is 2.21. The van der Waals surface area contributed by atoms with Crippen LogP contribution < -0.4 is 10.1 Å². The first-order valence-electron chi connectivity index (χ1n) is 6.24. The van der Waals surface area contributed by atoms with Crippen molar-refractivity contribution in [2.24, 2.45) is 0 Å². The van der Waals surface area contributed by atoms with Gasteiger partial charge in [-0.15, -0.1) is 0 Å². The van der Waals surface area contributed by atoms with Crippen LogP contribution in [0.3, 0.4) is 0 Å². The van der Waals surface area contributed by atoms with Gasteiger partial charge in [0.1, 0.15) is 10.8 Å². The highest BCUT2D eigenvalue weighted by molar-refractivity contribution is 7.13. The van der Waals surface area contributed by atoms with Crippen LogP contribution in [-0.2, 0) is 0 Å². The highest BCUT2D eigenvalue weighted by Crippen LogP contribution is 2.36. The van der Waals surface area contributed by atoms with Crippen molar-refractivity contribution in [3.8, 4) is 10.8 Å². The molecule has 2 heterocycles. The van der Waals surface area contributed by atoms with E-state index in [1.165, 1.54) is 11.4 Å². The first kappa shape index (κ1) is 11.7. The lowest BCUT2D eigenvalue weighted by Gasteiger charge is -2.03. The zero-order chi connectivity index (χ0) is 12.4. The van der Waals surface area contributed by atoms with Gasteiger partial charge in [0.2, 0.25) is 5.06 Å². The lowest BCUT2D eigenvalue weighted by molar-refractivity contribution is 0.491. The summed E-state index contributed by atoms with van der Waals surface area (Å²) in [5, 5.41) is 5.49. The van der Waals surface area contributed by atoms with Crippen molar-refractivity contribution in [1.29, 1.82) is 0 Å². The summed E-state index contributed by atoms with van der Waals surface area (Å²) in [4.78, 5) is 4.64. The van der Waals surface area contributed by atoms with Crippen LogP contribution in [0.25, 0.3) is 0 Å². The zero-order valence-corrected chi connectivity index (χ0v) is 11.2. The molecule has 1 aliphatic heterocycles. The Morgan fingerprint density at radius 1 is 1.33 bits per heavy atom. The summed E-state index contributed by atoms with van der Waals surface area (Å²) in [5.74, 6) is 1.43. The van der Waals surface area contributed by atoms with Crippen molar-refractivity contribution >= 4 is 11.3 Å². The number of nitrogens with one attached hydrogen (secondary N) is 1. The minimum absolute atomic E-state index is 0.557. The topological polar surface area (TPSA) is 34.2 Å². The van der Waals surface area contributed by atoms with Gasteiger partial charge in [-0.1, -0.05) is 29.5 Å². The fourth-order valence-electron chi connectivity index (χ4n) is 2.13. The second-order valence-electron chi connectivity index (χ2n) is 4.53. The molecule has 1 fully saturated rings. The molecular weight excluding hydrogens is 244 g/mol. The Kier molecular flexibility index (Phi) is 3.30. The molecule has 1 saturated heterocycles. The third kappa shape index (κ3) is 2.40. The first-order chi connectivity index (χ1) is 8.83. The fourth-order valence-corrected chi connectivity index (χ4v) is 3.20. The summed E-state index contributed by atoms with van der Waals surface area (Å²) >= 11 is 1.68. The standard InChI is InChI=1S/C14H16N2OS/c1-10-14(17-12-5-3-2-4-6-12)18-13(16-10)11-7-8-15-9-11/h2-6,11,15H,7-9H2,1H3. The van der Waals surface area contributed by atoms with Gasteiger partial charge in [0, 0.05) is 12.5 Å². The highest BCUT2D eigenvalue weighted by atomic mass is 32.1. The summed E-state index contributed by atoms with van der Waals surface area (Å²) in [6.07, 6.45) is 1.18. The molecule has 1 N–H and O–H groups in total. The number of rotatable bonds is 3. The number of ether oxygens (including phenoxy) is 1. The van der Waals surface area contributed by atoms with Gasteiger partial charge in [0.05, 0.1) is 5.69 Å². The van der Waals surface area contributed by atoms with Gasteiger partial charge in [-0.05, 0) is 32.0 Å². The average molecular weight is 260 g/mol. The Hall–Kier alpha value is -1.39. The lowest BCUT2D eigenvalue weighted by Crippen LogP contribution is -2.07. The minimum Gasteiger partial charge on any atom is -0.445 e. The summed E-state index contributed by atoms with van der Waals surface area (Å²) in [6, 6.07) is 9.88. The van der Waals surface area contributed by atoms with E-state index in [-0.39, 0.29) is 0 Å². The molecule has 3 nitrogen and oxygen atoms in total. The fraction of sp³-hybridized carbons (Fsp3) is 0.357.